The molecule has 2 aliphatic rings. The van der Waals surface area contributed by atoms with Gasteiger partial charge < -0.3 is 0 Å². The van der Waals surface area contributed by atoms with Gasteiger partial charge in [0.15, 0.2) is 0 Å². The van der Waals surface area contributed by atoms with Crippen LogP contribution in [0.2, 0.25) is 0 Å². The third-order valence-corrected chi connectivity index (χ3v) is 2.77. The molecule has 2 aliphatic carbocycles. The minimum atomic E-state index is 0.879. The van der Waals surface area contributed by atoms with Crippen molar-refractivity contribution in [1.29, 1.82) is 0 Å². The first kappa shape index (κ1) is 4.84. The summed E-state index contributed by atoms with van der Waals surface area (Å²) in [4.78, 5) is 0. The molecule has 0 unspecified atom stereocenters. The molecule has 0 saturated heterocycles. The highest BCUT2D eigenvalue weighted by Gasteiger charge is 2.46. The van der Waals surface area contributed by atoms with Crippen molar-refractivity contribution in [3.05, 3.63) is 5.92 Å². The zero-order valence-electron chi connectivity index (χ0n) is 5.54. The first-order chi connectivity index (χ1) is 3.81. The first-order valence-corrected chi connectivity index (χ1v) is 3.62. The van der Waals surface area contributed by atoms with Crippen LogP contribution in [0.4, 0.5) is 0 Å². The fourth-order valence-electron chi connectivity index (χ4n) is 2.26. The van der Waals surface area contributed by atoms with E-state index in [1.54, 1.807) is 5.92 Å². The third-order valence-electron chi connectivity index (χ3n) is 2.77. The number of rotatable bonds is 0. The topological polar surface area (TPSA) is 0 Å². The molecule has 0 nitrogen and oxygen atoms in total. The second-order valence-corrected chi connectivity index (χ2v) is 3.66. The molecule has 0 amide bonds. The van der Waals surface area contributed by atoms with E-state index in [4.69, 9.17) is 0 Å². The Morgan fingerprint density at radius 1 is 1.25 bits per heavy atom. The third kappa shape index (κ3) is 0.463. The summed E-state index contributed by atoms with van der Waals surface area (Å²) in [5.41, 5.74) is 0.879. The summed E-state index contributed by atoms with van der Waals surface area (Å²) in [6.07, 6.45) is 7.50. The van der Waals surface area contributed by atoms with Crippen LogP contribution in [-0.4, -0.2) is 0 Å². The van der Waals surface area contributed by atoms with Crippen LogP contribution < -0.4 is 0 Å². The van der Waals surface area contributed by atoms with Crippen molar-refractivity contribution >= 4 is 0 Å². The molecule has 2 rings (SSSR count). The normalized spacial score (nSPS) is 34.1. The van der Waals surface area contributed by atoms with Crippen LogP contribution in [0.5, 0.6) is 0 Å². The quantitative estimate of drug-likeness (QED) is 0.448. The fraction of sp³-hybridized carbons (Fsp3) is 0.875. The van der Waals surface area contributed by atoms with E-state index in [-0.39, 0.29) is 0 Å². The summed E-state index contributed by atoms with van der Waals surface area (Å²) in [5.74, 6) is 1.74. The van der Waals surface area contributed by atoms with E-state index in [0.717, 1.165) is 5.41 Å². The van der Waals surface area contributed by atoms with Gasteiger partial charge in [0, 0.05) is 0 Å². The molecule has 0 N–H and O–H groups in total. The summed E-state index contributed by atoms with van der Waals surface area (Å²) in [7, 11) is 0. The maximum Gasteiger partial charge on any atom is -0.0261 e. The smallest absolute Gasteiger partial charge is 0.0261 e. The van der Waals surface area contributed by atoms with E-state index in [1.807, 2.05) is 0 Å². The second-order valence-electron chi connectivity index (χ2n) is 3.66. The van der Waals surface area contributed by atoms with Gasteiger partial charge in [-0.1, -0.05) is 13.3 Å². The van der Waals surface area contributed by atoms with Crippen LogP contribution >= 0.6 is 0 Å². The Morgan fingerprint density at radius 3 is 2.00 bits per heavy atom. The first-order valence-electron chi connectivity index (χ1n) is 3.62. The summed E-state index contributed by atoms with van der Waals surface area (Å²) in [5, 5.41) is 0. The molecule has 0 heteroatoms. The molecule has 1 spiro atoms. The number of hydrogen-bond donors (Lipinski definition) is 0. The Hall–Kier alpha value is 0. The van der Waals surface area contributed by atoms with Crippen LogP contribution in [0, 0.1) is 11.3 Å². The monoisotopic (exact) mass is 109 g/mol. The van der Waals surface area contributed by atoms with E-state index in [1.165, 1.54) is 32.1 Å². The molecule has 0 aromatic carbocycles. The van der Waals surface area contributed by atoms with Gasteiger partial charge in [0.1, 0.15) is 0 Å². The van der Waals surface area contributed by atoms with Crippen molar-refractivity contribution in [2.45, 2.75) is 39.0 Å². The molecule has 0 bridgehead atoms. The van der Waals surface area contributed by atoms with Gasteiger partial charge >= 0.3 is 0 Å². The minimum Gasteiger partial charge on any atom is -0.0591 e. The highest BCUT2D eigenvalue weighted by Crippen LogP contribution is 2.59. The maximum atomic E-state index is 2.30. The zero-order valence-corrected chi connectivity index (χ0v) is 5.54. The average Bonchev–Trinajstić information content (AvgIpc) is 1.51. The van der Waals surface area contributed by atoms with Crippen LogP contribution in [0.25, 0.3) is 0 Å². The molecular weight excluding hydrogens is 96.1 g/mol. The molecule has 8 heavy (non-hydrogen) atoms. The molecule has 0 aromatic rings. The number of hydrogen-bond acceptors (Lipinski definition) is 0. The fourth-order valence-corrected chi connectivity index (χ4v) is 2.26. The summed E-state index contributed by atoms with van der Waals surface area (Å²) in [6, 6.07) is 0. The van der Waals surface area contributed by atoms with Gasteiger partial charge in [-0.3, -0.25) is 0 Å². The largest absolute Gasteiger partial charge is 0.0591 e. The van der Waals surface area contributed by atoms with Gasteiger partial charge in [0.05, 0.1) is 0 Å². The summed E-state index contributed by atoms with van der Waals surface area (Å²) in [6.45, 7) is 2.30. The highest BCUT2D eigenvalue weighted by atomic mass is 14.5. The van der Waals surface area contributed by atoms with Gasteiger partial charge in [-0.25, -0.2) is 0 Å². The second kappa shape index (κ2) is 1.29. The Labute approximate surface area is 51.3 Å². The summed E-state index contributed by atoms with van der Waals surface area (Å²) >= 11 is 0. The molecule has 0 atom stereocenters. The van der Waals surface area contributed by atoms with Gasteiger partial charge in [0.2, 0.25) is 0 Å². The van der Waals surface area contributed by atoms with Crippen LogP contribution in [0.3, 0.4) is 0 Å². The van der Waals surface area contributed by atoms with Gasteiger partial charge in [0.25, 0.3) is 0 Å². The van der Waals surface area contributed by atoms with Crippen molar-refractivity contribution in [3.63, 3.8) is 0 Å². The van der Waals surface area contributed by atoms with E-state index < -0.39 is 0 Å². The SMILES string of the molecule is C[C]1CC2(CCC2)C1. The molecule has 0 aromatic heterocycles. The molecule has 0 aliphatic heterocycles. The van der Waals surface area contributed by atoms with Crippen molar-refractivity contribution in [2.75, 3.05) is 0 Å². The lowest BCUT2D eigenvalue weighted by Gasteiger charge is -2.53. The van der Waals surface area contributed by atoms with E-state index in [9.17, 15) is 0 Å². The molecule has 2 saturated carbocycles. The Balaban J connectivity index is 1.92. The Kier molecular flexibility index (Phi) is 0.778. The van der Waals surface area contributed by atoms with E-state index >= 15 is 0 Å². The van der Waals surface area contributed by atoms with Crippen molar-refractivity contribution in [3.8, 4) is 0 Å². The lowest BCUT2D eigenvalue weighted by atomic mass is 9.52. The maximum absolute atomic E-state index is 2.30. The zero-order chi connectivity index (χ0) is 5.61. The van der Waals surface area contributed by atoms with Gasteiger partial charge in [-0.05, 0) is 37.0 Å². The highest BCUT2D eigenvalue weighted by molar-refractivity contribution is 5.11. The van der Waals surface area contributed by atoms with Crippen molar-refractivity contribution in [1.82, 2.24) is 0 Å². The molecular formula is C8H13. The van der Waals surface area contributed by atoms with Crippen LogP contribution in [0.15, 0.2) is 0 Å². The van der Waals surface area contributed by atoms with E-state index in [0.29, 0.717) is 0 Å². The predicted molar refractivity (Wildman–Crippen MR) is 34.4 cm³/mol. The minimum absolute atomic E-state index is 0.879. The lowest BCUT2D eigenvalue weighted by Crippen LogP contribution is -2.40. The van der Waals surface area contributed by atoms with Gasteiger partial charge in [-0.2, -0.15) is 0 Å². The Bertz CT molecular complexity index is 92.6. The molecule has 0 heterocycles. The standard InChI is InChI=1S/C8H13/c1-7-5-8(6-7)3-2-4-8/h2-6H2,1H3. The predicted octanol–water partition coefficient (Wildman–Crippen LogP) is 2.54. The van der Waals surface area contributed by atoms with Crippen LogP contribution in [-0.2, 0) is 0 Å². The molecule has 1 radical (unpaired) electrons. The summed E-state index contributed by atoms with van der Waals surface area (Å²) < 4.78 is 0. The molecule has 2 fully saturated rings. The Morgan fingerprint density at radius 2 is 1.88 bits per heavy atom. The van der Waals surface area contributed by atoms with Crippen molar-refractivity contribution in [2.24, 2.45) is 5.41 Å². The van der Waals surface area contributed by atoms with Gasteiger partial charge in [-0.15, -0.1) is 0 Å². The van der Waals surface area contributed by atoms with E-state index in [2.05, 4.69) is 6.92 Å². The average molecular weight is 109 g/mol. The lowest BCUT2D eigenvalue weighted by molar-refractivity contribution is 0.0547. The van der Waals surface area contributed by atoms with Crippen molar-refractivity contribution < 1.29 is 0 Å². The molecule has 45 valence electrons. The van der Waals surface area contributed by atoms with Crippen LogP contribution in [0.1, 0.15) is 39.0 Å².